The number of hydrogen-bond donors (Lipinski definition) is 0. The lowest BCUT2D eigenvalue weighted by Gasteiger charge is -2.10. The van der Waals surface area contributed by atoms with E-state index in [0.717, 1.165) is 24.5 Å². The van der Waals surface area contributed by atoms with Crippen LogP contribution in [0.5, 0.6) is 0 Å². The molecule has 19 heavy (non-hydrogen) atoms. The molecule has 1 unspecified atom stereocenters. The molecule has 0 bridgehead atoms. The van der Waals surface area contributed by atoms with Crippen LogP contribution in [-0.2, 0) is 6.54 Å². The predicted octanol–water partition coefficient (Wildman–Crippen LogP) is 5.31. The maximum absolute atomic E-state index is 4.31. The highest BCUT2D eigenvalue weighted by Crippen LogP contribution is 2.36. The molecule has 0 radical (unpaired) electrons. The van der Waals surface area contributed by atoms with Crippen molar-refractivity contribution in [3.05, 3.63) is 53.9 Å². The third-order valence-electron chi connectivity index (χ3n) is 4.13. The van der Waals surface area contributed by atoms with Crippen LogP contribution in [0.2, 0.25) is 0 Å². The van der Waals surface area contributed by atoms with Crippen LogP contribution in [0.3, 0.4) is 0 Å². The van der Waals surface area contributed by atoms with Gasteiger partial charge in [-0.25, -0.2) is 0 Å². The van der Waals surface area contributed by atoms with Gasteiger partial charge < -0.3 is 4.57 Å². The smallest absolute Gasteiger partial charge is 0.0482 e. The Balaban J connectivity index is 2.29. The third-order valence-corrected chi connectivity index (χ3v) is 4.13. The van der Waals surface area contributed by atoms with E-state index in [1.807, 2.05) is 0 Å². The molecule has 1 nitrogen and oxygen atoms in total. The van der Waals surface area contributed by atoms with Crippen LogP contribution < -0.4 is 0 Å². The molecule has 2 rings (SSSR count). The van der Waals surface area contributed by atoms with Crippen LogP contribution in [0.25, 0.3) is 5.57 Å². The van der Waals surface area contributed by atoms with Crippen molar-refractivity contribution in [2.45, 2.75) is 52.5 Å². The number of fused-ring (bicyclic) bond motifs is 1. The minimum absolute atomic E-state index is 0.738. The minimum Gasteiger partial charge on any atom is -0.344 e. The summed E-state index contributed by atoms with van der Waals surface area (Å²) in [6.45, 7) is 12.0. The van der Waals surface area contributed by atoms with Gasteiger partial charge >= 0.3 is 0 Å². The van der Waals surface area contributed by atoms with Gasteiger partial charge in [0.05, 0.1) is 0 Å². The maximum atomic E-state index is 4.31. The van der Waals surface area contributed by atoms with E-state index in [1.54, 1.807) is 0 Å². The van der Waals surface area contributed by atoms with E-state index in [4.69, 9.17) is 0 Å². The molecule has 0 aliphatic carbocycles. The largest absolute Gasteiger partial charge is 0.344 e. The van der Waals surface area contributed by atoms with E-state index in [9.17, 15) is 0 Å². The first-order chi connectivity index (χ1) is 9.22. The Kier molecular flexibility index (Phi) is 4.47. The van der Waals surface area contributed by atoms with E-state index in [0.29, 0.717) is 0 Å². The summed E-state index contributed by atoms with van der Waals surface area (Å²) in [7, 11) is 0. The Morgan fingerprint density at radius 3 is 2.84 bits per heavy atom. The zero-order valence-electron chi connectivity index (χ0n) is 12.4. The lowest BCUT2D eigenvalue weighted by molar-refractivity contribution is 0.642. The van der Waals surface area contributed by atoms with E-state index in [2.05, 4.69) is 62.3 Å². The Hall–Kier alpha value is -1.50. The Labute approximate surface area is 117 Å². The SMILES string of the molecule is C=C(C(/C=C\CC)=C/C)c1ccc2n1CCC2CC. The fourth-order valence-corrected chi connectivity index (χ4v) is 2.96. The Morgan fingerprint density at radius 1 is 1.42 bits per heavy atom. The van der Waals surface area contributed by atoms with Crippen molar-refractivity contribution >= 4 is 5.57 Å². The van der Waals surface area contributed by atoms with E-state index in [1.165, 1.54) is 29.8 Å². The van der Waals surface area contributed by atoms with Crippen molar-refractivity contribution in [2.75, 3.05) is 0 Å². The van der Waals surface area contributed by atoms with Gasteiger partial charge in [0.15, 0.2) is 0 Å². The van der Waals surface area contributed by atoms with Crippen molar-refractivity contribution in [2.24, 2.45) is 0 Å². The number of nitrogens with zero attached hydrogens (tertiary/aromatic N) is 1. The van der Waals surface area contributed by atoms with Crippen LogP contribution in [0, 0.1) is 0 Å². The van der Waals surface area contributed by atoms with Gasteiger partial charge in [-0.2, -0.15) is 0 Å². The molecule has 0 saturated carbocycles. The van der Waals surface area contributed by atoms with Gasteiger partial charge in [0, 0.05) is 23.9 Å². The first kappa shape index (κ1) is 13.9. The molecule has 2 heterocycles. The summed E-state index contributed by atoms with van der Waals surface area (Å²) in [6, 6.07) is 4.53. The summed E-state index contributed by atoms with van der Waals surface area (Å²) in [5, 5.41) is 0. The summed E-state index contributed by atoms with van der Waals surface area (Å²) in [4.78, 5) is 0. The second-order valence-electron chi connectivity index (χ2n) is 5.22. The van der Waals surface area contributed by atoms with Gasteiger partial charge in [-0.1, -0.05) is 38.7 Å². The topological polar surface area (TPSA) is 4.93 Å². The average Bonchev–Trinajstić information content (AvgIpc) is 3.00. The van der Waals surface area contributed by atoms with Crippen molar-refractivity contribution in [3.63, 3.8) is 0 Å². The molecule has 0 fully saturated rings. The zero-order chi connectivity index (χ0) is 13.8. The average molecular weight is 255 g/mol. The predicted molar refractivity (Wildman–Crippen MR) is 84.3 cm³/mol. The third kappa shape index (κ3) is 2.60. The van der Waals surface area contributed by atoms with Crippen LogP contribution in [0.1, 0.15) is 57.3 Å². The van der Waals surface area contributed by atoms with E-state index >= 15 is 0 Å². The Morgan fingerprint density at radius 2 is 2.21 bits per heavy atom. The van der Waals surface area contributed by atoms with E-state index < -0.39 is 0 Å². The molecule has 1 aliphatic heterocycles. The number of aromatic nitrogens is 1. The van der Waals surface area contributed by atoms with Crippen molar-refractivity contribution in [1.29, 1.82) is 0 Å². The monoisotopic (exact) mass is 255 g/mol. The highest BCUT2D eigenvalue weighted by atomic mass is 15.0. The first-order valence-corrected chi connectivity index (χ1v) is 7.44. The number of rotatable bonds is 5. The van der Waals surface area contributed by atoms with Crippen molar-refractivity contribution < 1.29 is 0 Å². The molecule has 0 amide bonds. The van der Waals surface area contributed by atoms with Crippen molar-refractivity contribution in [1.82, 2.24) is 4.57 Å². The first-order valence-electron chi connectivity index (χ1n) is 7.44. The number of hydrogen-bond acceptors (Lipinski definition) is 0. The highest BCUT2D eigenvalue weighted by molar-refractivity contribution is 5.79. The normalized spacial score (nSPS) is 19.1. The molecule has 1 aromatic heterocycles. The number of allylic oxidation sites excluding steroid dienone is 5. The summed E-state index contributed by atoms with van der Waals surface area (Å²) < 4.78 is 2.46. The molecule has 0 saturated heterocycles. The standard InChI is InChI=1S/C18H25N/c1-5-8-9-15(6-2)14(4)17-10-11-18-16(7-3)12-13-19(17)18/h6,8-11,16H,4-5,7,12-13H2,1-3H3/b9-8-,15-6+. The van der Waals surface area contributed by atoms with Crippen LogP contribution in [-0.4, -0.2) is 4.57 Å². The molecule has 0 spiro atoms. The lowest BCUT2D eigenvalue weighted by Crippen LogP contribution is -1.99. The van der Waals surface area contributed by atoms with Gasteiger partial charge in [-0.15, -0.1) is 0 Å². The van der Waals surface area contributed by atoms with Crippen LogP contribution >= 0.6 is 0 Å². The molecule has 1 aromatic rings. The van der Waals surface area contributed by atoms with Crippen LogP contribution in [0.15, 0.2) is 42.5 Å². The summed E-state index contributed by atoms with van der Waals surface area (Å²) >= 11 is 0. The van der Waals surface area contributed by atoms with Gasteiger partial charge in [-0.3, -0.25) is 0 Å². The molecule has 1 heteroatoms. The zero-order valence-corrected chi connectivity index (χ0v) is 12.4. The van der Waals surface area contributed by atoms with E-state index in [-0.39, 0.29) is 0 Å². The highest BCUT2D eigenvalue weighted by Gasteiger charge is 2.23. The molecule has 0 aromatic carbocycles. The van der Waals surface area contributed by atoms with Gasteiger partial charge in [0.25, 0.3) is 0 Å². The molecule has 1 atom stereocenters. The van der Waals surface area contributed by atoms with Crippen LogP contribution in [0.4, 0.5) is 0 Å². The molecule has 102 valence electrons. The fraction of sp³-hybridized carbons (Fsp3) is 0.444. The molecule has 1 aliphatic rings. The quantitative estimate of drug-likeness (QED) is 0.628. The van der Waals surface area contributed by atoms with Gasteiger partial charge in [-0.05, 0) is 49.5 Å². The summed E-state index contributed by atoms with van der Waals surface area (Å²) in [5.74, 6) is 0.738. The Bertz CT molecular complexity index is 514. The van der Waals surface area contributed by atoms with Crippen molar-refractivity contribution in [3.8, 4) is 0 Å². The molecular weight excluding hydrogens is 230 g/mol. The lowest BCUT2D eigenvalue weighted by atomic mass is 10.0. The summed E-state index contributed by atoms with van der Waals surface area (Å²) in [6.07, 6.45) is 10.1. The van der Waals surface area contributed by atoms with Gasteiger partial charge in [0.2, 0.25) is 0 Å². The second-order valence-corrected chi connectivity index (χ2v) is 5.22. The maximum Gasteiger partial charge on any atom is 0.0482 e. The summed E-state index contributed by atoms with van der Waals surface area (Å²) in [5.41, 5.74) is 5.17. The molecular formula is C18H25N. The second kappa shape index (κ2) is 6.10. The van der Waals surface area contributed by atoms with Gasteiger partial charge in [0.1, 0.15) is 0 Å². The fourth-order valence-electron chi connectivity index (χ4n) is 2.96. The minimum atomic E-state index is 0.738. The molecule has 0 N–H and O–H groups in total.